The Morgan fingerprint density at radius 2 is 1.90 bits per heavy atom. The quantitative estimate of drug-likeness (QED) is 0.758. The van der Waals surface area contributed by atoms with Crippen LogP contribution in [-0.2, 0) is 16.0 Å². The minimum Gasteiger partial charge on any atom is -0.351 e. The van der Waals surface area contributed by atoms with Crippen molar-refractivity contribution >= 4 is 10.8 Å². The summed E-state index contributed by atoms with van der Waals surface area (Å²) in [6.07, 6.45) is 3.51. The van der Waals surface area contributed by atoms with E-state index in [1.165, 1.54) is 10.9 Å². The second-order valence-corrected chi connectivity index (χ2v) is 4.96. The van der Waals surface area contributed by atoms with Gasteiger partial charge < -0.3 is 14.8 Å². The van der Waals surface area contributed by atoms with Crippen molar-refractivity contribution in [1.29, 1.82) is 0 Å². The Morgan fingerprint density at radius 3 is 2.62 bits per heavy atom. The maximum absolute atomic E-state index is 5.63. The first-order valence-corrected chi connectivity index (χ1v) is 7.54. The summed E-state index contributed by atoms with van der Waals surface area (Å²) in [7, 11) is 0. The van der Waals surface area contributed by atoms with Crippen LogP contribution in [0.4, 0.5) is 0 Å². The van der Waals surface area contributed by atoms with Crippen LogP contribution in [0.2, 0.25) is 0 Å². The molecule has 1 aromatic carbocycles. The smallest absolute Gasteiger partial charge is 0.172 e. The first-order chi connectivity index (χ1) is 10.3. The van der Waals surface area contributed by atoms with E-state index >= 15 is 0 Å². The molecule has 4 nitrogen and oxygen atoms in total. The van der Waals surface area contributed by atoms with Gasteiger partial charge in [0.15, 0.2) is 6.29 Å². The summed E-state index contributed by atoms with van der Waals surface area (Å²) < 4.78 is 11.3. The highest BCUT2D eigenvalue weighted by molar-refractivity contribution is 5.84. The molecular formula is C17H24N2O2. The van der Waals surface area contributed by atoms with Crippen molar-refractivity contribution < 1.29 is 9.47 Å². The Bertz CT molecular complexity index is 548. The fourth-order valence-corrected chi connectivity index (χ4v) is 2.38. The maximum atomic E-state index is 5.63. The van der Waals surface area contributed by atoms with E-state index in [1.807, 2.05) is 26.2 Å². The third-order valence-corrected chi connectivity index (χ3v) is 3.46. The number of nitrogens with zero attached hydrogens (tertiary/aromatic N) is 1. The molecule has 0 amide bonds. The number of nitrogens with one attached hydrogen (secondary N) is 1. The first-order valence-electron chi connectivity index (χ1n) is 7.54. The molecule has 0 saturated heterocycles. The minimum absolute atomic E-state index is 0.127. The zero-order valence-corrected chi connectivity index (χ0v) is 13.0. The Kier molecular flexibility index (Phi) is 6.11. The van der Waals surface area contributed by atoms with Crippen LogP contribution in [0.15, 0.2) is 36.7 Å². The number of rotatable bonds is 8. The number of ether oxygens (including phenoxy) is 2. The number of pyridine rings is 1. The molecule has 2 aromatic rings. The van der Waals surface area contributed by atoms with Crippen molar-refractivity contribution in [2.24, 2.45) is 0 Å². The van der Waals surface area contributed by atoms with Crippen molar-refractivity contribution in [2.45, 2.75) is 39.6 Å². The molecule has 0 unspecified atom stereocenters. The van der Waals surface area contributed by atoms with Crippen molar-refractivity contribution in [3.63, 3.8) is 0 Å². The van der Waals surface area contributed by atoms with Gasteiger partial charge in [-0.05, 0) is 37.8 Å². The topological polar surface area (TPSA) is 43.4 Å². The van der Waals surface area contributed by atoms with Crippen LogP contribution < -0.4 is 5.32 Å². The molecule has 2 rings (SSSR count). The molecule has 0 fully saturated rings. The molecule has 1 heterocycles. The first kappa shape index (κ1) is 15.9. The van der Waals surface area contributed by atoms with Crippen molar-refractivity contribution in [1.82, 2.24) is 10.3 Å². The summed E-state index contributed by atoms with van der Waals surface area (Å²) in [6, 6.07) is 8.46. The second kappa shape index (κ2) is 8.08. The zero-order chi connectivity index (χ0) is 15.1. The van der Waals surface area contributed by atoms with Crippen LogP contribution in [0, 0.1) is 0 Å². The van der Waals surface area contributed by atoms with Gasteiger partial charge in [-0.25, -0.2) is 0 Å². The molecule has 1 N–H and O–H groups in total. The maximum Gasteiger partial charge on any atom is 0.172 e. The van der Waals surface area contributed by atoms with Gasteiger partial charge in [-0.15, -0.1) is 0 Å². The second-order valence-electron chi connectivity index (χ2n) is 4.96. The molecule has 0 aliphatic carbocycles. The Hall–Kier alpha value is -1.49. The lowest BCUT2D eigenvalue weighted by atomic mass is 10.1. The Labute approximate surface area is 126 Å². The molecule has 21 heavy (non-hydrogen) atoms. The molecule has 0 bridgehead atoms. The third-order valence-electron chi connectivity index (χ3n) is 3.46. The summed E-state index contributed by atoms with van der Waals surface area (Å²) in [5, 5.41) is 5.89. The Morgan fingerprint density at radius 1 is 1.14 bits per heavy atom. The zero-order valence-electron chi connectivity index (χ0n) is 13.0. The molecule has 0 aliphatic heterocycles. The van der Waals surface area contributed by atoms with Gasteiger partial charge in [0, 0.05) is 37.5 Å². The summed E-state index contributed by atoms with van der Waals surface area (Å²) in [5.74, 6) is 0. The van der Waals surface area contributed by atoms with E-state index in [0.717, 1.165) is 11.9 Å². The van der Waals surface area contributed by atoms with Gasteiger partial charge in [0.2, 0.25) is 0 Å². The molecule has 0 radical (unpaired) electrons. The largest absolute Gasteiger partial charge is 0.351 e. The summed E-state index contributed by atoms with van der Waals surface area (Å²) in [6.45, 7) is 8.13. The molecular weight excluding hydrogens is 264 g/mol. The van der Waals surface area contributed by atoms with Crippen molar-refractivity contribution in [3.05, 3.63) is 42.2 Å². The minimum atomic E-state index is -0.211. The number of benzene rings is 1. The highest BCUT2D eigenvalue weighted by Gasteiger charge is 2.17. The third kappa shape index (κ3) is 4.24. The van der Waals surface area contributed by atoms with E-state index in [1.54, 1.807) is 0 Å². The van der Waals surface area contributed by atoms with Gasteiger partial charge in [-0.1, -0.05) is 18.2 Å². The van der Waals surface area contributed by atoms with Gasteiger partial charge in [-0.3, -0.25) is 4.98 Å². The lowest BCUT2D eigenvalue weighted by Gasteiger charge is -2.24. The van der Waals surface area contributed by atoms with E-state index in [0.29, 0.717) is 13.2 Å². The summed E-state index contributed by atoms with van der Waals surface area (Å²) >= 11 is 0. The summed E-state index contributed by atoms with van der Waals surface area (Å²) in [4.78, 5) is 4.17. The molecule has 4 heteroatoms. The highest BCUT2D eigenvalue weighted by atomic mass is 16.7. The van der Waals surface area contributed by atoms with Crippen LogP contribution in [-0.4, -0.2) is 30.5 Å². The van der Waals surface area contributed by atoms with Gasteiger partial charge in [0.05, 0.1) is 6.04 Å². The SMILES string of the molecule is CCOC(OCC)[C@H](C)NCc1cccc2cnccc12. The normalized spacial score (nSPS) is 13.0. The summed E-state index contributed by atoms with van der Waals surface area (Å²) in [5.41, 5.74) is 1.26. The number of hydrogen-bond donors (Lipinski definition) is 1. The molecule has 1 atom stereocenters. The predicted molar refractivity (Wildman–Crippen MR) is 85.1 cm³/mol. The average molecular weight is 288 g/mol. The van der Waals surface area contributed by atoms with Gasteiger partial charge in [-0.2, -0.15) is 0 Å². The van der Waals surface area contributed by atoms with Gasteiger partial charge in [0.25, 0.3) is 0 Å². The van der Waals surface area contributed by atoms with E-state index < -0.39 is 0 Å². The monoisotopic (exact) mass is 288 g/mol. The molecule has 1 aromatic heterocycles. The van der Waals surface area contributed by atoms with Crippen molar-refractivity contribution in [2.75, 3.05) is 13.2 Å². The van der Waals surface area contributed by atoms with E-state index in [4.69, 9.17) is 9.47 Å². The van der Waals surface area contributed by atoms with E-state index in [-0.39, 0.29) is 12.3 Å². The van der Waals surface area contributed by atoms with Gasteiger partial charge >= 0.3 is 0 Å². The van der Waals surface area contributed by atoms with Gasteiger partial charge in [0.1, 0.15) is 0 Å². The number of hydrogen-bond acceptors (Lipinski definition) is 4. The van der Waals surface area contributed by atoms with Crippen LogP contribution in [0.3, 0.4) is 0 Å². The highest BCUT2D eigenvalue weighted by Crippen LogP contribution is 2.17. The lowest BCUT2D eigenvalue weighted by molar-refractivity contribution is -0.151. The van der Waals surface area contributed by atoms with Crippen LogP contribution >= 0.6 is 0 Å². The standard InChI is InChI=1S/C17H24N2O2/c1-4-20-17(21-5-2)13(3)19-12-15-8-6-7-14-11-18-10-9-16(14)15/h6-11,13,17,19H,4-5,12H2,1-3H3/t13-/m0/s1. The van der Waals surface area contributed by atoms with E-state index in [9.17, 15) is 0 Å². The van der Waals surface area contributed by atoms with Crippen LogP contribution in [0.5, 0.6) is 0 Å². The molecule has 114 valence electrons. The lowest BCUT2D eigenvalue weighted by Crippen LogP contribution is -2.40. The molecule has 0 aliphatic rings. The van der Waals surface area contributed by atoms with Crippen LogP contribution in [0.1, 0.15) is 26.3 Å². The molecule has 0 spiro atoms. The van der Waals surface area contributed by atoms with E-state index in [2.05, 4.69) is 41.5 Å². The van der Waals surface area contributed by atoms with Crippen molar-refractivity contribution in [3.8, 4) is 0 Å². The fraction of sp³-hybridized carbons (Fsp3) is 0.471. The predicted octanol–water partition coefficient (Wildman–Crippen LogP) is 3.11. The average Bonchev–Trinajstić information content (AvgIpc) is 2.52. The molecule has 0 saturated carbocycles. The van der Waals surface area contributed by atoms with Crippen LogP contribution in [0.25, 0.3) is 10.8 Å². The fourth-order valence-electron chi connectivity index (χ4n) is 2.38. The Balaban J connectivity index is 2.03. The number of fused-ring (bicyclic) bond motifs is 1. The number of aromatic nitrogens is 1.